The van der Waals surface area contributed by atoms with Crippen molar-refractivity contribution >= 4 is 51.3 Å². The fourth-order valence-electron chi connectivity index (χ4n) is 1.97. The Morgan fingerprint density at radius 2 is 1.96 bits per heavy atom. The van der Waals surface area contributed by atoms with Crippen molar-refractivity contribution in [3.8, 4) is 0 Å². The highest BCUT2D eigenvalue weighted by Gasteiger charge is 2.23. The van der Waals surface area contributed by atoms with Crippen LogP contribution >= 0.6 is 35.3 Å². The van der Waals surface area contributed by atoms with Crippen LogP contribution in [0.1, 0.15) is 32.6 Å². The number of hydrogen-bond donors (Lipinski definition) is 2. The number of halogens is 1. The highest BCUT2D eigenvalue weighted by molar-refractivity contribution is 14.0. The van der Waals surface area contributed by atoms with Crippen LogP contribution in [-0.2, 0) is 16.4 Å². The molecule has 0 bridgehead atoms. The maximum absolute atomic E-state index is 12.4. The zero-order chi connectivity index (χ0) is 17.5. The maximum Gasteiger partial charge on any atom is 0.252 e. The van der Waals surface area contributed by atoms with E-state index in [1.165, 1.54) is 15.6 Å². The van der Waals surface area contributed by atoms with E-state index in [4.69, 9.17) is 5.73 Å². The number of nitrogens with zero attached hydrogens (tertiary/aromatic N) is 2. The number of thiophene rings is 1. The Kier molecular flexibility index (Phi) is 11.1. The van der Waals surface area contributed by atoms with Crippen LogP contribution in [0, 0.1) is 5.92 Å². The van der Waals surface area contributed by atoms with Crippen LogP contribution in [0.25, 0.3) is 0 Å². The molecule has 0 unspecified atom stereocenters. The molecule has 3 N–H and O–H groups in total. The second-order valence-corrected chi connectivity index (χ2v) is 8.94. The molecule has 140 valence electrons. The van der Waals surface area contributed by atoms with Crippen molar-refractivity contribution in [1.82, 2.24) is 9.62 Å². The molecule has 1 aromatic rings. The number of sulfonamides is 1. The molecule has 24 heavy (non-hydrogen) atoms. The van der Waals surface area contributed by atoms with E-state index in [2.05, 4.69) is 24.2 Å². The van der Waals surface area contributed by atoms with Gasteiger partial charge >= 0.3 is 0 Å². The zero-order valence-corrected chi connectivity index (χ0v) is 18.7. The molecule has 1 heterocycles. The molecule has 0 aliphatic heterocycles. The number of nitrogens with two attached hydrogens (primary N) is 1. The lowest BCUT2D eigenvalue weighted by molar-refractivity contribution is 0.447. The first-order chi connectivity index (χ1) is 10.8. The summed E-state index contributed by atoms with van der Waals surface area (Å²) < 4.78 is 26.7. The molecule has 0 fully saturated rings. The molecule has 9 heteroatoms. The second-order valence-electron chi connectivity index (χ2n) is 5.61. The Labute approximate surface area is 167 Å². The highest BCUT2D eigenvalue weighted by Crippen LogP contribution is 2.25. The first kappa shape index (κ1) is 23.6. The van der Waals surface area contributed by atoms with Gasteiger partial charge in [-0.1, -0.05) is 27.7 Å². The third-order valence-corrected chi connectivity index (χ3v) is 6.90. The average molecular weight is 488 g/mol. The molecular weight excluding hydrogens is 459 g/mol. The fourth-order valence-corrected chi connectivity index (χ4v) is 4.94. The summed E-state index contributed by atoms with van der Waals surface area (Å²) in [6.07, 6.45) is 0.719. The molecule has 0 aliphatic carbocycles. The SMILES string of the molecule is CCN(CC)S(=O)(=O)c1ccc(CCNC(N)=NCC(C)C)s1.I. The lowest BCUT2D eigenvalue weighted by Gasteiger charge is -2.16. The van der Waals surface area contributed by atoms with E-state index in [0.29, 0.717) is 42.3 Å². The van der Waals surface area contributed by atoms with Crippen LogP contribution in [0.4, 0.5) is 0 Å². The van der Waals surface area contributed by atoms with E-state index in [9.17, 15) is 8.42 Å². The van der Waals surface area contributed by atoms with Gasteiger partial charge in [0.2, 0.25) is 0 Å². The van der Waals surface area contributed by atoms with Gasteiger partial charge in [0.15, 0.2) is 5.96 Å². The van der Waals surface area contributed by atoms with Crippen molar-refractivity contribution in [3.63, 3.8) is 0 Å². The molecule has 0 aliphatic rings. The van der Waals surface area contributed by atoms with Gasteiger partial charge in [0.1, 0.15) is 4.21 Å². The molecule has 1 aromatic heterocycles. The van der Waals surface area contributed by atoms with Crippen LogP contribution < -0.4 is 11.1 Å². The van der Waals surface area contributed by atoms with Gasteiger partial charge in [-0.3, -0.25) is 4.99 Å². The lowest BCUT2D eigenvalue weighted by Crippen LogP contribution is -2.33. The minimum absolute atomic E-state index is 0. The van der Waals surface area contributed by atoms with Crippen LogP contribution in [0.2, 0.25) is 0 Å². The number of nitrogens with one attached hydrogen (secondary N) is 1. The second kappa shape index (κ2) is 11.3. The highest BCUT2D eigenvalue weighted by atomic mass is 127. The largest absolute Gasteiger partial charge is 0.370 e. The summed E-state index contributed by atoms with van der Waals surface area (Å²) in [6.45, 7) is 10.2. The lowest BCUT2D eigenvalue weighted by atomic mass is 10.2. The molecule has 0 saturated carbocycles. The summed E-state index contributed by atoms with van der Waals surface area (Å²) in [6, 6.07) is 3.55. The molecular formula is C15H29IN4O2S2. The molecule has 0 amide bonds. The predicted octanol–water partition coefficient (Wildman–Crippen LogP) is 2.50. The minimum Gasteiger partial charge on any atom is -0.370 e. The van der Waals surface area contributed by atoms with E-state index in [1.54, 1.807) is 6.07 Å². The summed E-state index contributed by atoms with van der Waals surface area (Å²) in [5.74, 6) is 0.909. The Balaban J connectivity index is 0.00000529. The molecule has 0 saturated heterocycles. The Morgan fingerprint density at radius 3 is 2.50 bits per heavy atom. The van der Waals surface area contributed by atoms with E-state index in [0.717, 1.165) is 11.3 Å². The van der Waals surface area contributed by atoms with Gasteiger partial charge in [-0.15, -0.1) is 35.3 Å². The molecule has 0 radical (unpaired) electrons. The zero-order valence-electron chi connectivity index (χ0n) is 14.8. The normalized spacial score (nSPS) is 12.5. The minimum atomic E-state index is -3.36. The van der Waals surface area contributed by atoms with Gasteiger partial charge in [0.05, 0.1) is 0 Å². The summed E-state index contributed by atoms with van der Waals surface area (Å²) in [7, 11) is -3.36. The van der Waals surface area contributed by atoms with E-state index >= 15 is 0 Å². The molecule has 6 nitrogen and oxygen atoms in total. The Hall–Kier alpha value is -0.390. The average Bonchev–Trinajstić information content (AvgIpc) is 2.96. The van der Waals surface area contributed by atoms with Gasteiger partial charge in [-0.05, 0) is 24.5 Å². The van der Waals surface area contributed by atoms with Crippen molar-refractivity contribution in [2.24, 2.45) is 16.6 Å². The van der Waals surface area contributed by atoms with Crippen molar-refractivity contribution in [1.29, 1.82) is 0 Å². The van der Waals surface area contributed by atoms with Gasteiger partial charge in [-0.25, -0.2) is 8.42 Å². The van der Waals surface area contributed by atoms with E-state index in [-0.39, 0.29) is 24.0 Å². The monoisotopic (exact) mass is 488 g/mol. The van der Waals surface area contributed by atoms with Gasteiger partial charge in [0, 0.05) is 31.1 Å². The van der Waals surface area contributed by atoms with E-state index in [1.807, 2.05) is 19.9 Å². The first-order valence-corrected chi connectivity index (χ1v) is 10.2. The topological polar surface area (TPSA) is 87.8 Å². The van der Waals surface area contributed by atoms with Gasteiger partial charge in [0.25, 0.3) is 10.0 Å². The van der Waals surface area contributed by atoms with Gasteiger partial charge in [-0.2, -0.15) is 4.31 Å². The van der Waals surface area contributed by atoms with Crippen LogP contribution in [0.15, 0.2) is 21.3 Å². The van der Waals surface area contributed by atoms with Crippen molar-refractivity contribution < 1.29 is 8.42 Å². The fraction of sp³-hybridized carbons (Fsp3) is 0.667. The summed E-state index contributed by atoms with van der Waals surface area (Å²) >= 11 is 1.32. The number of guanidine groups is 1. The first-order valence-electron chi connectivity index (χ1n) is 7.93. The molecule has 1 rings (SSSR count). The number of rotatable bonds is 9. The summed E-state index contributed by atoms with van der Waals surface area (Å²) in [4.78, 5) is 5.24. The van der Waals surface area contributed by atoms with Gasteiger partial charge < -0.3 is 11.1 Å². The van der Waals surface area contributed by atoms with Crippen molar-refractivity contribution in [2.75, 3.05) is 26.2 Å². The van der Waals surface area contributed by atoms with Crippen LogP contribution in [-0.4, -0.2) is 44.9 Å². The summed E-state index contributed by atoms with van der Waals surface area (Å²) in [5, 5.41) is 3.05. The standard InChI is InChI=1S/C15H28N4O2S2.HI/c1-5-19(6-2)23(20,21)14-8-7-13(22-14)9-10-17-15(16)18-11-12(3)4;/h7-8,12H,5-6,9-11H2,1-4H3,(H3,16,17,18);1H. The predicted molar refractivity (Wildman–Crippen MR) is 113 cm³/mol. The van der Waals surface area contributed by atoms with E-state index < -0.39 is 10.0 Å². The maximum atomic E-state index is 12.4. The van der Waals surface area contributed by atoms with Crippen LogP contribution in [0.3, 0.4) is 0 Å². The van der Waals surface area contributed by atoms with Crippen molar-refractivity contribution in [2.45, 2.75) is 38.3 Å². The number of aliphatic imine (C=N–C) groups is 1. The Bertz CT molecular complexity index is 611. The smallest absolute Gasteiger partial charge is 0.252 e. The molecule has 0 atom stereocenters. The third kappa shape index (κ3) is 7.24. The van der Waals surface area contributed by atoms with Crippen molar-refractivity contribution in [3.05, 3.63) is 17.0 Å². The Morgan fingerprint density at radius 1 is 1.33 bits per heavy atom. The quantitative estimate of drug-likeness (QED) is 0.318. The van der Waals surface area contributed by atoms with Crippen LogP contribution in [0.5, 0.6) is 0 Å². The molecule has 0 aromatic carbocycles. The molecule has 0 spiro atoms. The third-order valence-electron chi connectivity index (χ3n) is 3.24. The number of hydrogen-bond acceptors (Lipinski definition) is 4. The summed E-state index contributed by atoms with van der Waals surface area (Å²) in [5.41, 5.74) is 5.78.